The monoisotopic (exact) mass is 381 g/mol. The molecule has 1 amide bonds. The number of nitrogens with zero attached hydrogens (tertiary/aromatic N) is 3. The highest BCUT2D eigenvalue weighted by Crippen LogP contribution is 2.32. The maximum atomic E-state index is 13.3. The van der Waals surface area contributed by atoms with Gasteiger partial charge in [0.05, 0.1) is 12.4 Å². The van der Waals surface area contributed by atoms with Gasteiger partial charge in [-0.2, -0.15) is 0 Å². The van der Waals surface area contributed by atoms with Crippen molar-refractivity contribution in [2.24, 2.45) is 0 Å². The molecule has 1 atom stereocenters. The number of carbonyl (C=O) groups is 1. The molecule has 1 fully saturated rings. The number of halogens is 1. The van der Waals surface area contributed by atoms with Crippen LogP contribution >= 0.6 is 0 Å². The molecule has 1 unspecified atom stereocenters. The van der Waals surface area contributed by atoms with Crippen LogP contribution in [0.3, 0.4) is 0 Å². The van der Waals surface area contributed by atoms with E-state index in [0.29, 0.717) is 30.4 Å². The molecule has 3 heterocycles. The molecule has 1 saturated heterocycles. The number of aromatic nitrogens is 2. The molecule has 0 bridgehead atoms. The quantitative estimate of drug-likeness (QED) is 0.653. The Morgan fingerprint density at radius 2 is 2.21 bits per heavy atom. The first kappa shape index (κ1) is 18.2. The van der Waals surface area contributed by atoms with E-state index in [0.717, 1.165) is 18.4 Å². The lowest BCUT2D eigenvalue weighted by Crippen LogP contribution is -2.34. The number of likely N-dealkylation sites (tertiary alicyclic amines) is 1. The fourth-order valence-electron chi connectivity index (χ4n) is 3.39. The maximum Gasteiger partial charge on any atom is 0.261 e. The smallest absolute Gasteiger partial charge is 0.261 e. The third-order valence-corrected chi connectivity index (χ3v) is 4.69. The van der Waals surface area contributed by atoms with Gasteiger partial charge >= 0.3 is 0 Å². The first-order valence-electron chi connectivity index (χ1n) is 9.20. The molecule has 0 aliphatic carbocycles. The van der Waals surface area contributed by atoms with Crippen molar-refractivity contribution in [3.05, 3.63) is 78.0 Å². The number of ether oxygens (including phenoxy) is 1. The van der Waals surface area contributed by atoms with Crippen LogP contribution in [0.2, 0.25) is 0 Å². The van der Waals surface area contributed by atoms with Crippen LogP contribution in [0.25, 0.3) is 0 Å². The summed E-state index contributed by atoms with van der Waals surface area (Å²) < 4.78 is 24.7. The van der Waals surface area contributed by atoms with E-state index in [1.807, 2.05) is 6.07 Å². The van der Waals surface area contributed by atoms with Crippen LogP contribution in [0.15, 0.2) is 59.4 Å². The summed E-state index contributed by atoms with van der Waals surface area (Å²) >= 11 is 0. The minimum atomic E-state index is -0.279. The number of hydrogen-bond donors (Lipinski definition) is 0. The number of amides is 1. The fourth-order valence-corrected chi connectivity index (χ4v) is 3.39. The number of hydrogen-bond acceptors (Lipinski definition) is 5. The van der Waals surface area contributed by atoms with E-state index in [1.54, 1.807) is 41.7 Å². The Morgan fingerprint density at radius 3 is 3.04 bits per heavy atom. The highest BCUT2D eigenvalue weighted by molar-refractivity contribution is 5.78. The summed E-state index contributed by atoms with van der Waals surface area (Å²) in [4.78, 5) is 22.7. The lowest BCUT2D eigenvalue weighted by atomic mass is 10.1. The van der Waals surface area contributed by atoms with Crippen molar-refractivity contribution in [2.75, 3.05) is 13.2 Å². The highest BCUT2D eigenvalue weighted by atomic mass is 19.1. The van der Waals surface area contributed by atoms with Crippen molar-refractivity contribution >= 4 is 5.91 Å². The summed E-state index contributed by atoms with van der Waals surface area (Å²) in [5, 5.41) is 0. The second-order valence-corrected chi connectivity index (χ2v) is 6.69. The first-order chi connectivity index (χ1) is 13.7. The van der Waals surface area contributed by atoms with Gasteiger partial charge in [0.25, 0.3) is 5.91 Å². The van der Waals surface area contributed by atoms with Crippen LogP contribution in [0.5, 0.6) is 5.75 Å². The molecule has 0 spiro atoms. The van der Waals surface area contributed by atoms with Gasteiger partial charge in [0, 0.05) is 19.2 Å². The lowest BCUT2D eigenvalue weighted by molar-refractivity contribution is -0.134. The number of pyridine rings is 1. The van der Waals surface area contributed by atoms with Crippen molar-refractivity contribution in [3.63, 3.8) is 0 Å². The van der Waals surface area contributed by atoms with Crippen LogP contribution in [0.1, 0.15) is 36.1 Å². The first-order valence-corrected chi connectivity index (χ1v) is 9.20. The zero-order chi connectivity index (χ0) is 19.3. The number of carbonyl (C=O) groups excluding carboxylic acids is 1. The van der Waals surface area contributed by atoms with Crippen LogP contribution in [-0.4, -0.2) is 33.9 Å². The number of oxazole rings is 1. The summed E-state index contributed by atoms with van der Waals surface area (Å²) in [5.41, 5.74) is 0.812. The standard InChI is InChI=1S/C21H20FN3O3/c22-16-5-1-4-15(10-16)11-18-13-24-21(28-18)19-7-3-9-25(19)20(26)14-27-17-6-2-8-23-12-17/h1-2,4-6,8,10,12-13,19H,3,7,9,11,14H2. The van der Waals surface area contributed by atoms with E-state index >= 15 is 0 Å². The molecule has 1 aliphatic heterocycles. The molecular formula is C21H20FN3O3. The summed E-state index contributed by atoms with van der Waals surface area (Å²) in [6.45, 7) is 0.584. The average Bonchev–Trinajstić information content (AvgIpc) is 3.36. The maximum absolute atomic E-state index is 13.3. The van der Waals surface area contributed by atoms with Crippen LogP contribution in [0.4, 0.5) is 4.39 Å². The minimum absolute atomic E-state index is 0.0565. The molecule has 0 N–H and O–H groups in total. The van der Waals surface area contributed by atoms with Crippen LogP contribution in [-0.2, 0) is 11.2 Å². The van der Waals surface area contributed by atoms with Crippen molar-refractivity contribution in [1.82, 2.24) is 14.9 Å². The highest BCUT2D eigenvalue weighted by Gasteiger charge is 2.33. The molecule has 6 nitrogen and oxygen atoms in total. The molecule has 144 valence electrons. The van der Waals surface area contributed by atoms with E-state index in [-0.39, 0.29) is 24.4 Å². The molecule has 0 saturated carbocycles. The predicted octanol–water partition coefficient (Wildman–Crippen LogP) is 3.54. The molecule has 0 radical (unpaired) electrons. The predicted molar refractivity (Wildman–Crippen MR) is 99.1 cm³/mol. The SMILES string of the molecule is O=C(COc1cccnc1)N1CCCC1c1ncc(Cc2cccc(F)c2)o1. The van der Waals surface area contributed by atoms with Gasteiger partial charge in [-0.15, -0.1) is 0 Å². The van der Waals surface area contributed by atoms with Gasteiger partial charge in [0.2, 0.25) is 5.89 Å². The number of rotatable bonds is 6. The van der Waals surface area contributed by atoms with Crippen LogP contribution < -0.4 is 4.74 Å². The van der Waals surface area contributed by atoms with Crippen molar-refractivity contribution in [2.45, 2.75) is 25.3 Å². The molecule has 2 aromatic heterocycles. The largest absolute Gasteiger partial charge is 0.482 e. The van der Waals surface area contributed by atoms with E-state index in [9.17, 15) is 9.18 Å². The van der Waals surface area contributed by atoms with E-state index in [2.05, 4.69) is 9.97 Å². The third-order valence-electron chi connectivity index (χ3n) is 4.69. The summed E-state index contributed by atoms with van der Waals surface area (Å²) in [5.74, 6) is 1.32. The molecular weight excluding hydrogens is 361 g/mol. The summed E-state index contributed by atoms with van der Waals surface area (Å²) in [7, 11) is 0. The Morgan fingerprint density at radius 1 is 1.29 bits per heavy atom. The zero-order valence-corrected chi connectivity index (χ0v) is 15.3. The van der Waals surface area contributed by atoms with Gasteiger partial charge in [-0.1, -0.05) is 12.1 Å². The Balaban J connectivity index is 1.40. The zero-order valence-electron chi connectivity index (χ0n) is 15.3. The van der Waals surface area contributed by atoms with Gasteiger partial charge in [-0.25, -0.2) is 9.37 Å². The molecule has 1 aromatic carbocycles. The second-order valence-electron chi connectivity index (χ2n) is 6.69. The Hall–Kier alpha value is -3.22. The van der Waals surface area contributed by atoms with E-state index < -0.39 is 0 Å². The molecule has 1 aliphatic rings. The summed E-state index contributed by atoms with van der Waals surface area (Å²) in [6.07, 6.45) is 6.99. The van der Waals surface area contributed by atoms with Gasteiger partial charge in [-0.3, -0.25) is 9.78 Å². The fraction of sp³-hybridized carbons (Fsp3) is 0.286. The Labute approximate surface area is 162 Å². The van der Waals surface area contributed by atoms with Gasteiger partial charge in [-0.05, 0) is 42.7 Å². The topological polar surface area (TPSA) is 68.5 Å². The summed E-state index contributed by atoms with van der Waals surface area (Å²) in [6, 6.07) is 9.70. The third kappa shape index (κ3) is 4.19. The number of benzene rings is 1. The minimum Gasteiger partial charge on any atom is -0.482 e. The van der Waals surface area contributed by atoms with Gasteiger partial charge < -0.3 is 14.1 Å². The second kappa shape index (κ2) is 8.21. The van der Waals surface area contributed by atoms with Crippen molar-refractivity contribution in [3.8, 4) is 5.75 Å². The molecule has 4 rings (SSSR count). The Bertz CT molecular complexity index is 945. The van der Waals surface area contributed by atoms with Crippen molar-refractivity contribution < 1.29 is 18.3 Å². The van der Waals surface area contributed by atoms with E-state index in [4.69, 9.17) is 9.15 Å². The average molecular weight is 381 g/mol. The lowest BCUT2D eigenvalue weighted by Gasteiger charge is -2.22. The van der Waals surface area contributed by atoms with E-state index in [1.165, 1.54) is 12.1 Å². The van der Waals surface area contributed by atoms with Gasteiger partial charge in [0.15, 0.2) is 6.61 Å². The van der Waals surface area contributed by atoms with Crippen LogP contribution in [0, 0.1) is 5.82 Å². The molecule has 3 aromatic rings. The van der Waals surface area contributed by atoms with Gasteiger partial charge in [0.1, 0.15) is 23.4 Å². The molecule has 7 heteroatoms. The Kier molecular flexibility index (Phi) is 5.32. The normalized spacial score (nSPS) is 16.3. The van der Waals surface area contributed by atoms with Crippen molar-refractivity contribution in [1.29, 1.82) is 0 Å². The molecule has 28 heavy (non-hydrogen) atoms.